The molecule has 0 spiro atoms. The quantitative estimate of drug-likeness (QED) is 0.665. The predicted octanol–water partition coefficient (Wildman–Crippen LogP) is 2.22. The van der Waals surface area contributed by atoms with Gasteiger partial charge in [0.25, 0.3) is 5.91 Å². The van der Waals surface area contributed by atoms with Gasteiger partial charge in [0, 0.05) is 19.2 Å². The fourth-order valence-electron chi connectivity index (χ4n) is 2.10. The van der Waals surface area contributed by atoms with Crippen molar-refractivity contribution in [2.24, 2.45) is 5.73 Å². The van der Waals surface area contributed by atoms with Gasteiger partial charge in [-0.25, -0.2) is 0 Å². The summed E-state index contributed by atoms with van der Waals surface area (Å²) in [5, 5.41) is 0. The number of benzene rings is 1. The molecule has 0 aliphatic carbocycles. The Morgan fingerprint density at radius 1 is 1.25 bits per heavy atom. The molecule has 132 valence electrons. The van der Waals surface area contributed by atoms with Gasteiger partial charge in [-0.3, -0.25) is 9.59 Å². The number of carbonyl (C=O) groups excluding carboxylic acids is 2. The first-order valence-corrected chi connectivity index (χ1v) is 8.07. The molecule has 0 aromatic heterocycles. The lowest BCUT2D eigenvalue weighted by Crippen LogP contribution is -2.30. The van der Waals surface area contributed by atoms with Crippen molar-refractivity contribution < 1.29 is 19.1 Å². The Morgan fingerprint density at radius 3 is 2.58 bits per heavy atom. The second-order valence-electron chi connectivity index (χ2n) is 5.27. The molecule has 2 N–H and O–H groups in total. The maximum absolute atomic E-state index is 12.2. The van der Waals surface area contributed by atoms with E-state index in [2.05, 4.69) is 6.92 Å². The zero-order valence-corrected chi connectivity index (χ0v) is 14.6. The van der Waals surface area contributed by atoms with Crippen LogP contribution in [0.25, 0.3) is 6.08 Å². The molecule has 0 heterocycles. The number of likely N-dealkylation sites (N-methyl/N-ethyl adjacent to an activating group) is 1. The van der Waals surface area contributed by atoms with Crippen molar-refractivity contribution in [1.29, 1.82) is 0 Å². The number of rotatable bonds is 10. The smallest absolute Gasteiger partial charge is 0.255 e. The standard InChI is InChI=1S/C18H26N2O4/c1-4-6-11-20(5-2)18(22)10-8-14-7-9-15(16(12-14)23-3)24-13-17(19)21/h7-10,12H,4-6,11,13H2,1-3H3,(H2,19,21)/b10-8+. The maximum Gasteiger partial charge on any atom is 0.255 e. The average Bonchev–Trinajstić information content (AvgIpc) is 2.58. The van der Waals surface area contributed by atoms with E-state index in [1.54, 1.807) is 30.4 Å². The van der Waals surface area contributed by atoms with Crippen molar-refractivity contribution in [3.05, 3.63) is 29.8 Å². The molecule has 1 aromatic rings. The van der Waals surface area contributed by atoms with Crippen LogP contribution in [0.3, 0.4) is 0 Å². The van der Waals surface area contributed by atoms with Crippen LogP contribution in [-0.2, 0) is 9.59 Å². The highest BCUT2D eigenvalue weighted by Gasteiger charge is 2.09. The zero-order valence-electron chi connectivity index (χ0n) is 14.6. The summed E-state index contributed by atoms with van der Waals surface area (Å²) < 4.78 is 10.5. The molecule has 0 atom stereocenters. The first-order chi connectivity index (χ1) is 11.5. The van der Waals surface area contributed by atoms with Crippen molar-refractivity contribution >= 4 is 17.9 Å². The Hall–Kier alpha value is -2.50. The molecule has 0 bridgehead atoms. The van der Waals surface area contributed by atoms with E-state index in [0.29, 0.717) is 18.0 Å². The van der Waals surface area contributed by atoms with Crippen molar-refractivity contribution in [3.8, 4) is 11.5 Å². The number of ether oxygens (including phenoxy) is 2. The molecule has 2 amide bonds. The molecule has 24 heavy (non-hydrogen) atoms. The van der Waals surface area contributed by atoms with Crippen LogP contribution in [-0.4, -0.2) is 43.5 Å². The normalized spacial score (nSPS) is 10.6. The van der Waals surface area contributed by atoms with Crippen molar-refractivity contribution in [3.63, 3.8) is 0 Å². The van der Waals surface area contributed by atoms with E-state index < -0.39 is 5.91 Å². The largest absolute Gasteiger partial charge is 0.493 e. The molecule has 0 saturated carbocycles. The lowest BCUT2D eigenvalue weighted by atomic mass is 10.2. The second-order valence-corrected chi connectivity index (χ2v) is 5.27. The second kappa shape index (κ2) is 10.3. The average molecular weight is 334 g/mol. The van der Waals surface area contributed by atoms with Gasteiger partial charge in [0.05, 0.1) is 7.11 Å². The first-order valence-electron chi connectivity index (χ1n) is 8.07. The van der Waals surface area contributed by atoms with Crippen LogP contribution in [0.4, 0.5) is 0 Å². The summed E-state index contributed by atoms with van der Waals surface area (Å²) in [4.78, 5) is 24.8. The lowest BCUT2D eigenvalue weighted by molar-refractivity contribution is -0.125. The summed E-state index contributed by atoms with van der Waals surface area (Å²) in [5.41, 5.74) is 5.86. The molecule has 0 aliphatic heterocycles. The van der Waals surface area contributed by atoms with E-state index >= 15 is 0 Å². The van der Waals surface area contributed by atoms with E-state index in [-0.39, 0.29) is 12.5 Å². The Bertz CT molecular complexity index is 584. The van der Waals surface area contributed by atoms with Crippen molar-refractivity contribution in [2.45, 2.75) is 26.7 Å². The summed E-state index contributed by atoms with van der Waals surface area (Å²) in [6.45, 7) is 5.30. The van der Waals surface area contributed by atoms with Gasteiger partial charge < -0.3 is 20.1 Å². The van der Waals surface area contributed by atoms with Gasteiger partial charge in [0.15, 0.2) is 18.1 Å². The Labute approximate surface area is 143 Å². The van der Waals surface area contributed by atoms with E-state index in [4.69, 9.17) is 15.2 Å². The van der Waals surface area contributed by atoms with Crippen LogP contribution in [0, 0.1) is 0 Å². The van der Waals surface area contributed by atoms with Crippen LogP contribution in [0.15, 0.2) is 24.3 Å². The van der Waals surface area contributed by atoms with Gasteiger partial charge in [-0.15, -0.1) is 0 Å². The molecule has 0 radical (unpaired) electrons. The molecule has 1 aromatic carbocycles. The number of nitrogens with two attached hydrogens (primary N) is 1. The van der Waals surface area contributed by atoms with Crippen LogP contribution in [0.1, 0.15) is 32.3 Å². The van der Waals surface area contributed by atoms with E-state index in [1.807, 2.05) is 11.8 Å². The molecule has 1 rings (SSSR count). The minimum atomic E-state index is -0.557. The van der Waals surface area contributed by atoms with Gasteiger partial charge in [-0.05, 0) is 37.1 Å². The number of hydrogen-bond acceptors (Lipinski definition) is 4. The van der Waals surface area contributed by atoms with Crippen LogP contribution in [0.2, 0.25) is 0 Å². The fourth-order valence-corrected chi connectivity index (χ4v) is 2.10. The number of nitrogens with zero attached hydrogens (tertiary/aromatic N) is 1. The predicted molar refractivity (Wildman–Crippen MR) is 93.9 cm³/mol. The highest BCUT2D eigenvalue weighted by Crippen LogP contribution is 2.28. The number of carbonyl (C=O) groups is 2. The third-order valence-corrected chi connectivity index (χ3v) is 3.45. The van der Waals surface area contributed by atoms with E-state index in [9.17, 15) is 9.59 Å². The number of methoxy groups -OCH3 is 1. The Balaban J connectivity index is 2.79. The van der Waals surface area contributed by atoms with Crippen LogP contribution < -0.4 is 15.2 Å². The third-order valence-electron chi connectivity index (χ3n) is 3.45. The molecule has 6 heteroatoms. The zero-order chi connectivity index (χ0) is 17.9. The Morgan fingerprint density at radius 2 is 2.00 bits per heavy atom. The third kappa shape index (κ3) is 6.32. The van der Waals surface area contributed by atoms with Crippen LogP contribution >= 0.6 is 0 Å². The SMILES string of the molecule is CCCCN(CC)C(=O)/C=C/c1ccc(OCC(N)=O)c(OC)c1. The number of unbranched alkanes of at least 4 members (excludes halogenated alkanes) is 1. The molecular formula is C18H26N2O4. The van der Waals surface area contributed by atoms with Gasteiger partial charge in [0.1, 0.15) is 0 Å². The summed E-state index contributed by atoms with van der Waals surface area (Å²) in [5.74, 6) is 0.333. The van der Waals surface area contributed by atoms with Gasteiger partial charge in [-0.1, -0.05) is 19.4 Å². The number of hydrogen-bond donors (Lipinski definition) is 1. The monoisotopic (exact) mass is 334 g/mol. The molecule has 6 nitrogen and oxygen atoms in total. The molecule has 0 fully saturated rings. The highest BCUT2D eigenvalue weighted by atomic mass is 16.5. The summed E-state index contributed by atoms with van der Waals surface area (Å²) in [7, 11) is 1.51. The van der Waals surface area contributed by atoms with E-state index in [0.717, 1.165) is 24.9 Å². The molecule has 0 saturated heterocycles. The maximum atomic E-state index is 12.2. The summed E-state index contributed by atoms with van der Waals surface area (Å²) >= 11 is 0. The molecular weight excluding hydrogens is 308 g/mol. The number of amides is 2. The van der Waals surface area contributed by atoms with E-state index in [1.165, 1.54) is 7.11 Å². The number of primary amides is 1. The highest BCUT2D eigenvalue weighted by molar-refractivity contribution is 5.91. The minimum Gasteiger partial charge on any atom is -0.493 e. The molecule has 0 aliphatic rings. The van der Waals surface area contributed by atoms with Gasteiger partial charge in [-0.2, -0.15) is 0 Å². The summed E-state index contributed by atoms with van der Waals surface area (Å²) in [6, 6.07) is 5.20. The van der Waals surface area contributed by atoms with Crippen molar-refractivity contribution in [2.75, 3.05) is 26.8 Å². The first kappa shape index (κ1) is 19.5. The molecule has 0 unspecified atom stereocenters. The minimum absolute atomic E-state index is 0.0148. The van der Waals surface area contributed by atoms with Crippen LogP contribution in [0.5, 0.6) is 11.5 Å². The van der Waals surface area contributed by atoms with Crippen molar-refractivity contribution in [1.82, 2.24) is 4.90 Å². The topological polar surface area (TPSA) is 81.9 Å². The summed E-state index contributed by atoms with van der Waals surface area (Å²) in [6.07, 6.45) is 5.33. The Kier molecular flexibility index (Phi) is 8.39. The fraction of sp³-hybridized carbons (Fsp3) is 0.444. The van der Waals surface area contributed by atoms with Gasteiger partial charge >= 0.3 is 0 Å². The lowest BCUT2D eigenvalue weighted by Gasteiger charge is -2.18. The van der Waals surface area contributed by atoms with Gasteiger partial charge in [0.2, 0.25) is 5.91 Å².